The third kappa shape index (κ3) is 4.41. The molecule has 1 aliphatic rings. The molecule has 0 bridgehead atoms. The van der Waals surface area contributed by atoms with Gasteiger partial charge in [-0.2, -0.15) is 0 Å². The predicted octanol–water partition coefficient (Wildman–Crippen LogP) is 4.11. The average Bonchev–Trinajstić information content (AvgIpc) is 3.26. The van der Waals surface area contributed by atoms with Gasteiger partial charge in [0.05, 0.1) is 17.1 Å². The molecule has 2 amide bonds. The monoisotopic (exact) mass is 408 g/mol. The van der Waals surface area contributed by atoms with Gasteiger partial charge in [0.1, 0.15) is 18.1 Å². The van der Waals surface area contributed by atoms with Crippen molar-refractivity contribution in [3.05, 3.63) is 70.4 Å². The molecule has 148 valence electrons. The van der Waals surface area contributed by atoms with Crippen molar-refractivity contribution in [1.29, 1.82) is 0 Å². The predicted molar refractivity (Wildman–Crippen MR) is 113 cm³/mol. The van der Waals surface area contributed by atoms with Crippen molar-refractivity contribution in [2.24, 2.45) is 0 Å². The van der Waals surface area contributed by atoms with Crippen LogP contribution < -0.4 is 19.7 Å². The van der Waals surface area contributed by atoms with Crippen LogP contribution in [0.5, 0.6) is 11.5 Å². The second-order valence-corrected chi connectivity index (χ2v) is 7.56. The Kier molecular flexibility index (Phi) is 5.48. The van der Waals surface area contributed by atoms with E-state index < -0.39 is 0 Å². The van der Waals surface area contributed by atoms with Crippen LogP contribution in [0, 0.1) is 6.92 Å². The lowest BCUT2D eigenvalue weighted by atomic mass is 10.2. The van der Waals surface area contributed by atoms with Gasteiger partial charge < -0.3 is 19.7 Å². The number of aryl methyl sites for hydroxylation is 1. The highest BCUT2D eigenvalue weighted by atomic mass is 32.1. The smallest absolute Gasteiger partial charge is 0.265 e. The average molecular weight is 408 g/mol. The summed E-state index contributed by atoms with van der Waals surface area (Å²) in [5, 5.41) is 4.71. The highest BCUT2D eigenvalue weighted by Gasteiger charge is 2.26. The van der Waals surface area contributed by atoms with E-state index in [-0.39, 0.29) is 18.4 Å². The molecular weight excluding hydrogens is 388 g/mol. The first kappa shape index (κ1) is 19.0. The van der Waals surface area contributed by atoms with E-state index in [2.05, 4.69) is 5.32 Å². The van der Waals surface area contributed by atoms with Crippen LogP contribution in [-0.2, 0) is 4.79 Å². The van der Waals surface area contributed by atoms with Crippen LogP contribution in [0.2, 0.25) is 0 Å². The number of nitrogens with zero attached hydrogens (tertiary/aromatic N) is 1. The normalized spacial score (nSPS) is 12.9. The summed E-state index contributed by atoms with van der Waals surface area (Å²) >= 11 is 1.38. The summed E-state index contributed by atoms with van der Waals surface area (Å²) in [6, 6.07) is 16.7. The highest BCUT2D eigenvalue weighted by Crippen LogP contribution is 2.34. The number of benzene rings is 2. The molecule has 0 saturated carbocycles. The molecule has 2 aromatic carbocycles. The maximum absolute atomic E-state index is 12.3. The number of hydrogen-bond acceptors (Lipinski definition) is 5. The number of nitrogens with one attached hydrogen (secondary N) is 1. The summed E-state index contributed by atoms with van der Waals surface area (Å²) in [4.78, 5) is 26.9. The van der Waals surface area contributed by atoms with Crippen molar-refractivity contribution >= 4 is 34.5 Å². The Morgan fingerprint density at radius 2 is 2.03 bits per heavy atom. The van der Waals surface area contributed by atoms with Gasteiger partial charge in [0.15, 0.2) is 6.61 Å². The van der Waals surface area contributed by atoms with E-state index in [1.54, 1.807) is 29.2 Å². The maximum Gasteiger partial charge on any atom is 0.265 e. The fourth-order valence-corrected chi connectivity index (χ4v) is 3.64. The molecule has 0 radical (unpaired) electrons. The fraction of sp³-hybridized carbons (Fsp3) is 0.182. The molecule has 0 saturated heterocycles. The van der Waals surface area contributed by atoms with E-state index in [0.717, 1.165) is 11.3 Å². The van der Waals surface area contributed by atoms with E-state index in [0.29, 0.717) is 35.2 Å². The fourth-order valence-electron chi connectivity index (χ4n) is 3.02. The number of carbonyl (C=O) groups is 2. The maximum atomic E-state index is 12.3. The van der Waals surface area contributed by atoms with Gasteiger partial charge in [0.25, 0.3) is 11.8 Å². The first-order valence-electron chi connectivity index (χ1n) is 9.22. The summed E-state index contributed by atoms with van der Waals surface area (Å²) in [5.74, 6) is 1.03. The number of thiophene rings is 1. The SMILES string of the molecule is Cc1ccc(OCCN2C(=O)COc3cc(NC(=O)c4cccs4)ccc32)cc1. The van der Waals surface area contributed by atoms with Gasteiger partial charge in [0.2, 0.25) is 0 Å². The molecule has 1 aromatic heterocycles. The van der Waals surface area contributed by atoms with Crippen LogP contribution in [0.15, 0.2) is 60.0 Å². The number of amides is 2. The lowest BCUT2D eigenvalue weighted by molar-refractivity contribution is -0.121. The topological polar surface area (TPSA) is 67.9 Å². The van der Waals surface area contributed by atoms with Crippen LogP contribution >= 0.6 is 11.3 Å². The summed E-state index contributed by atoms with van der Waals surface area (Å²) in [7, 11) is 0. The molecule has 0 aliphatic carbocycles. The standard InChI is InChI=1S/C22H20N2O4S/c1-15-4-7-17(8-5-15)27-11-10-24-18-9-6-16(13-19(18)28-14-21(24)25)23-22(26)20-3-2-12-29-20/h2-9,12-13H,10-11,14H2,1H3,(H,23,26). The van der Waals surface area contributed by atoms with Crippen molar-refractivity contribution in [2.45, 2.75) is 6.92 Å². The number of ether oxygens (including phenoxy) is 2. The Balaban J connectivity index is 1.43. The third-order valence-corrected chi connectivity index (χ3v) is 5.38. The second-order valence-electron chi connectivity index (χ2n) is 6.61. The zero-order valence-corrected chi connectivity index (χ0v) is 16.7. The van der Waals surface area contributed by atoms with Crippen LogP contribution in [0.4, 0.5) is 11.4 Å². The minimum absolute atomic E-state index is 0.0418. The second kappa shape index (κ2) is 8.36. The minimum Gasteiger partial charge on any atom is -0.492 e. The molecule has 29 heavy (non-hydrogen) atoms. The number of hydrogen-bond donors (Lipinski definition) is 1. The zero-order valence-electron chi connectivity index (χ0n) is 15.9. The molecule has 1 N–H and O–H groups in total. The number of anilines is 2. The Labute approximate surface area is 172 Å². The van der Waals surface area contributed by atoms with Crippen molar-refractivity contribution in [3.63, 3.8) is 0 Å². The molecule has 0 fully saturated rings. The van der Waals surface area contributed by atoms with E-state index in [1.807, 2.05) is 42.6 Å². The van der Waals surface area contributed by atoms with Crippen molar-refractivity contribution in [3.8, 4) is 11.5 Å². The molecule has 7 heteroatoms. The van der Waals surface area contributed by atoms with Gasteiger partial charge in [-0.25, -0.2) is 0 Å². The number of carbonyl (C=O) groups excluding carboxylic acids is 2. The molecule has 3 aromatic rings. The Hall–Kier alpha value is -3.32. The van der Waals surface area contributed by atoms with Crippen LogP contribution in [-0.4, -0.2) is 31.6 Å². The van der Waals surface area contributed by atoms with Gasteiger partial charge in [-0.05, 0) is 42.6 Å². The number of rotatable bonds is 6. The van der Waals surface area contributed by atoms with Crippen molar-refractivity contribution in [1.82, 2.24) is 0 Å². The number of fused-ring (bicyclic) bond motifs is 1. The molecule has 4 rings (SSSR count). The van der Waals surface area contributed by atoms with E-state index in [4.69, 9.17) is 9.47 Å². The largest absolute Gasteiger partial charge is 0.492 e. The highest BCUT2D eigenvalue weighted by molar-refractivity contribution is 7.12. The van der Waals surface area contributed by atoms with Crippen molar-refractivity contribution < 1.29 is 19.1 Å². The van der Waals surface area contributed by atoms with Crippen LogP contribution in [0.3, 0.4) is 0 Å². The van der Waals surface area contributed by atoms with Crippen LogP contribution in [0.25, 0.3) is 0 Å². The molecule has 0 spiro atoms. The molecule has 6 nitrogen and oxygen atoms in total. The van der Waals surface area contributed by atoms with Gasteiger partial charge in [-0.1, -0.05) is 23.8 Å². The summed E-state index contributed by atoms with van der Waals surface area (Å²) in [5.41, 5.74) is 2.45. The van der Waals surface area contributed by atoms with E-state index >= 15 is 0 Å². The van der Waals surface area contributed by atoms with Crippen molar-refractivity contribution in [2.75, 3.05) is 30.0 Å². The Morgan fingerprint density at radius 1 is 1.21 bits per heavy atom. The molecule has 0 unspecified atom stereocenters. The van der Waals surface area contributed by atoms with Crippen LogP contribution in [0.1, 0.15) is 15.2 Å². The zero-order chi connectivity index (χ0) is 20.2. The van der Waals surface area contributed by atoms with Gasteiger partial charge in [0, 0.05) is 11.8 Å². The third-order valence-electron chi connectivity index (χ3n) is 4.51. The van der Waals surface area contributed by atoms with Gasteiger partial charge >= 0.3 is 0 Å². The first-order chi connectivity index (χ1) is 14.1. The quantitative estimate of drug-likeness (QED) is 0.666. The molecular formula is C22H20N2O4S. The van der Waals surface area contributed by atoms with Gasteiger partial charge in [-0.15, -0.1) is 11.3 Å². The Morgan fingerprint density at radius 3 is 2.79 bits per heavy atom. The first-order valence-corrected chi connectivity index (χ1v) is 10.1. The van der Waals surface area contributed by atoms with E-state index in [9.17, 15) is 9.59 Å². The lowest BCUT2D eigenvalue weighted by Gasteiger charge is -2.29. The summed E-state index contributed by atoms with van der Waals surface area (Å²) in [6.07, 6.45) is 0. The summed E-state index contributed by atoms with van der Waals surface area (Å²) in [6.45, 7) is 2.75. The molecule has 0 atom stereocenters. The minimum atomic E-state index is -0.171. The molecule has 1 aliphatic heterocycles. The van der Waals surface area contributed by atoms with Gasteiger partial charge in [-0.3, -0.25) is 9.59 Å². The summed E-state index contributed by atoms with van der Waals surface area (Å²) < 4.78 is 11.3. The van der Waals surface area contributed by atoms with E-state index in [1.165, 1.54) is 11.3 Å². The Bertz CT molecular complexity index is 1020. The molecule has 2 heterocycles. The lowest BCUT2D eigenvalue weighted by Crippen LogP contribution is -2.41.